The van der Waals surface area contributed by atoms with Crippen LogP contribution in [-0.4, -0.2) is 22.9 Å². The molecule has 0 N–H and O–H groups in total. The summed E-state index contributed by atoms with van der Waals surface area (Å²) in [5.41, 5.74) is 0. The van der Waals surface area contributed by atoms with Crippen LogP contribution < -0.4 is 0 Å². The Bertz CT molecular complexity index is 217. The van der Waals surface area contributed by atoms with E-state index in [-0.39, 0.29) is 18.0 Å². The van der Waals surface area contributed by atoms with Gasteiger partial charge in [0, 0.05) is 6.92 Å². The summed E-state index contributed by atoms with van der Waals surface area (Å²) >= 11 is 0. The zero-order valence-electron chi connectivity index (χ0n) is 10.9. The van der Waals surface area contributed by atoms with Gasteiger partial charge < -0.3 is 4.90 Å². The Hall–Kier alpha value is -1.05. The Morgan fingerprint density at radius 3 is 1.69 bits per heavy atom. The van der Waals surface area contributed by atoms with Crippen LogP contribution in [0.5, 0.6) is 0 Å². The van der Waals surface area contributed by atoms with Gasteiger partial charge in [-0.25, -0.2) is 0 Å². The average molecular weight is 223 g/mol. The van der Waals surface area contributed by atoms with E-state index in [1.807, 2.05) is 17.1 Å². The molecule has 0 radical (unpaired) electrons. The van der Waals surface area contributed by atoms with Gasteiger partial charge in [-0.3, -0.25) is 4.79 Å². The van der Waals surface area contributed by atoms with Crippen molar-refractivity contribution in [1.82, 2.24) is 4.90 Å². The van der Waals surface area contributed by atoms with Crippen molar-refractivity contribution in [2.45, 2.75) is 58.5 Å². The molecule has 0 aromatic rings. The minimum absolute atomic E-state index is 0.108. The summed E-state index contributed by atoms with van der Waals surface area (Å²) in [6, 6.07) is 0.272. The average Bonchev–Trinajstić information content (AvgIpc) is 2.26. The van der Waals surface area contributed by atoms with E-state index in [0.717, 1.165) is 25.7 Å². The molecule has 0 saturated carbocycles. The van der Waals surface area contributed by atoms with Gasteiger partial charge in [0.2, 0.25) is 5.91 Å². The number of rotatable bonds is 8. The number of hydrogen-bond acceptors (Lipinski definition) is 1. The fourth-order valence-corrected chi connectivity index (χ4v) is 2.05. The Morgan fingerprint density at radius 1 is 1.12 bits per heavy atom. The molecule has 0 aromatic carbocycles. The molecule has 92 valence electrons. The zero-order chi connectivity index (χ0) is 12.6. The number of carbonyl (C=O) groups excluding carboxylic acids is 1. The van der Waals surface area contributed by atoms with Crippen LogP contribution in [0.3, 0.4) is 0 Å². The Morgan fingerprint density at radius 2 is 1.50 bits per heavy atom. The van der Waals surface area contributed by atoms with E-state index < -0.39 is 0 Å². The molecular formula is C14H25NO. The molecule has 0 rings (SSSR count). The minimum Gasteiger partial charge on any atom is -0.330 e. The predicted molar refractivity (Wildman–Crippen MR) is 70.3 cm³/mol. The van der Waals surface area contributed by atoms with Gasteiger partial charge in [0.15, 0.2) is 0 Å². The first kappa shape index (κ1) is 14.9. The molecule has 0 heterocycles. The zero-order valence-corrected chi connectivity index (χ0v) is 10.9. The number of amides is 1. The summed E-state index contributed by atoms with van der Waals surface area (Å²) in [5.74, 6) is 0.108. The third-order valence-electron chi connectivity index (χ3n) is 2.79. The first-order valence-corrected chi connectivity index (χ1v) is 6.16. The molecular weight excluding hydrogens is 198 g/mol. The normalized spacial score (nSPS) is 13.9. The van der Waals surface area contributed by atoms with Crippen molar-refractivity contribution in [3.8, 4) is 0 Å². The summed E-state index contributed by atoms with van der Waals surface area (Å²) in [5, 5.41) is 0. The third kappa shape index (κ3) is 4.21. The van der Waals surface area contributed by atoms with Crippen LogP contribution >= 0.6 is 0 Å². The van der Waals surface area contributed by atoms with Crippen LogP contribution in [0.25, 0.3) is 0 Å². The van der Waals surface area contributed by atoms with Gasteiger partial charge in [0.25, 0.3) is 0 Å². The maximum atomic E-state index is 11.7. The summed E-state index contributed by atoms with van der Waals surface area (Å²) in [6.07, 6.45) is 7.79. The maximum Gasteiger partial charge on any atom is 0.220 e. The molecule has 2 unspecified atom stereocenters. The first-order chi connectivity index (χ1) is 7.62. The lowest BCUT2D eigenvalue weighted by atomic mass is 10.0. The summed E-state index contributed by atoms with van der Waals surface area (Å²) in [7, 11) is 0. The van der Waals surface area contributed by atoms with E-state index in [2.05, 4.69) is 27.0 Å². The van der Waals surface area contributed by atoms with Crippen LogP contribution in [0.15, 0.2) is 25.3 Å². The Kier molecular flexibility index (Phi) is 7.61. The fraction of sp³-hybridized carbons (Fsp3) is 0.643. The van der Waals surface area contributed by atoms with E-state index >= 15 is 0 Å². The molecule has 0 aromatic heterocycles. The van der Waals surface area contributed by atoms with Crippen LogP contribution in [-0.2, 0) is 4.79 Å². The standard InChI is InChI=1S/C14H25NO/c1-6-10-13(8-3)15(12(5)16)14(9-4)11-7-2/h8-9,13-14H,3-4,6-7,10-11H2,1-2,5H3. The van der Waals surface area contributed by atoms with Crippen molar-refractivity contribution in [3.05, 3.63) is 25.3 Å². The SMILES string of the molecule is C=CC(CCC)N(C(C)=O)C(C=C)CCC. The summed E-state index contributed by atoms with van der Waals surface area (Å²) in [6.45, 7) is 13.5. The molecule has 0 aliphatic rings. The summed E-state index contributed by atoms with van der Waals surface area (Å²) < 4.78 is 0. The van der Waals surface area contributed by atoms with Gasteiger partial charge in [-0.05, 0) is 12.8 Å². The molecule has 0 saturated heterocycles. The topological polar surface area (TPSA) is 20.3 Å². The van der Waals surface area contributed by atoms with Gasteiger partial charge in [-0.2, -0.15) is 0 Å². The first-order valence-electron chi connectivity index (χ1n) is 6.16. The lowest BCUT2D eigenvalue weighted by Gasteiger charge is -2.34. The van der Waals surface area contributed by atoms with Crippen LogP contribution in [0, 0.1) is 0 Å². The Labute approximate surface area is 100 Å². The van der Waals surface area contributed by atoms with Crippen LogP contribution in [0.1, 0.15) is 46.5 Å². The van der Waals surface area contributed by atoms with Crippen molar-refractivity contribution in [3.63, 3.8) is 0 Å². The minimum atomic E-state index is 0.108. The van der Waals surface area contributed by atoms with Crippen molar-refractivity contribution in [2.24, 2.45) is 0 Å². The van der Waals surface area contributed by atoms with Crippen LogP contribution in [0.2, 0.25) is 0 Å². The predicted octanol–water partition coefficient (Wildman–Crippen LogP) is 3.54. The highest BCUT2D eigenvalue weighted by atomic mass is 16.2. The van der Waals surface area contributed by atoms with Crippen LogP contribution in [0.4, 0.5) is 0 Å². The van der Waals surface area contributed by atoms with Crippen molar-refractivity contribution < 1.29 is 4.79 Å². The molecule has 0 aliphatic carbocycles. The van der Waals surface area contributed by atoms with E-state index in [9.17, 15) is 4.79 Å². The second-order valence-corrected chi connectivity index (χ2v) is 4.11. The van der Waals surface area contributed by atoms with E-state index in [4.69, 9.17) is 0 Å². The van der Waals surface area contributed by atoms with Crippen molar-refractivity contribution >= 4 is 5.91 Å². The van der Waals surface area contributed by atoms with Gasteiger partial charge in [0.1, 0.15) is 0 Å². The van der Waals surface area contributed by atoms with Gasteiger partial charge >= 0.3 is 0 Å². The van der Waals surface area contributed by atoms with Gasteiger partial charge in [-0.15, -0.1) is 13.2 Å². The van der Waals surface area contributed by atoms with Crippen molar-refractivity contribution in [2.75, 3.05) is 0 Å². The molecule has 16 heavy (non-hydrogen) atoms. The lowest BCUT2D eigenvalue weighted by molar-refractivity contribution is -0.132. The van der Waals surface area contributed by atoms with E-state index in [1.54, 1.807) is 6.92 Å². The molecule has 0 spiro atoms. The molecule has 2 heteroatoms. The monoisotopic (exact) mass is 223 g/mol. The highest BCUT2D eigenvalue weighted by molar-refractivity contribution is 5.74. The maximum absolute atomic E-state index is 11.7. The van der Waals surface area contributed by atoms with Gasteiger partial charge in [-0.1, -0.05) is 38.8 Å². The largest absolute Gasteiger partial charge is 0.330 e. The molecule has 0 bridgehead atoms. The fourth-order valence-electron chi connectivity index (χ4n) is 2.05. The number of hydrogen-bond donors (Lipinski definition) is 0. The molecule has 0 aliphatic heterocycles. The molecule has 2 atom stereocenters. The number of nitrogens with zero attached hydrogens (tertiary/aromatic N) is 1. The smallest absolute Gasteiger partial charge is 0.220 e. The number of carbonyl (C=O) groups is 1. The van der Waals surface area contributed by atoms with E-state index in [0.29, 0.717) is 0 Å². The highest BCUT2D eigenvalue weighted by Gasteiger charge is 2.23. The Balaban J connectivity index is 4.85. The van der Waals surface area contributed by atoms with Gasteiger partial charge in [0.05, 0.1) is 12.1 Å². The highest BCUT2D eigenvalue weighted by Crippen LogP contribution is 2.17. The van der Waals surface area contributed by atoms with E-state index in [1.165, 1.54) is 0 Å². The molecule has 2 nitrogen and oxygen atoms in total. The van der Waals surface area contributed by atoms with Crippen molar-refractivity contribution in [1.29, 1.82) is 0 Å². The lowest BCUT2D eigenvalue weighted by Crippen LogP contribution is -2.44. The summed E-state index contributed by atoms with van der Waals surface area (Å²) in [4.78, 5) is 13.6. The molecule has 1 amide bonds. The third-order valence-corrected chi connectivity index (χ3v) is 2.79. The second kappa shape index (κ2) is 8.14. The second-order valence-electron chi connectivity index (χ2n) is 4.11. The molecule has 0 fully saturated rings. The quantitative estimate of drug-likeness (QED) is 0.576.